The van der Waals surface area contributed by atoms with Gasteiger partial charge in [-0.2, -0.15) is 0 Å². The first kappa shape index (κ1) is 15.1. The van der Waals surface area contributed by atoms with E-state index in [1.54, 1.807) is 0 Å². The summed E-state index contributed by atoms with van der Waals surface area (Å²) in [6.07, 6.45) is 1.80. The Labute approximate surface area is 121 Å². The van der Waals surface area contributed by atoms with Gasteiger partial charge in [-0.3, -0.25) is 4.79 Å². The standard InChI is InChI=1S/C16H26N2O2/c1-4-18(5-2)16(19)8-9-17-11-13-6-7-15(20-13)14-10-12(14)3/h6-7,12,14,17H,4-5,8-11H2,1-3H3. The summed E-state index contributed by atoms with van der Waals surface area (Å²) in [6, 6.07) is 4.13. The van der Waals surface area contributed by atoms with Gasteiger partial charge in [-0.25, -0.2) is 0 Å². The molecule has 0 radical (unpaired) electrons. The largest absolute Gasteiger partial charge is 0.464 e. The summed E-state index contributed by atoms with van der Waals surface area (Å²) in [6.45, 7) is 9.25. The van der Waals surface area contributed by atoms with E-state index < -0.39 is 0 Å². The molecule has 0 bridgehead atoms. The number of nitrogens with one attached hydrogen (secondary N) is 1. The summed E-state index contributed by atoms with van der Waals surface area (Å²) in [4.78, 5) is 13.7. The molecule has 2 rings (SSSR count). The molecule has 0 aliphatic heterocycles. The van der Waals surface area contributed by atoms with Gasteiger partial charge in [-0.15, -0.1) is 0 Å². The third-order valence-electron chi connectivity index (χ3n) is 4.09. The molecule has 0 spiro atoms. The van der Waals surface area contributed by atoms with Gasteiger partial charge in [0, 0.05) is 32.0 Å². The van der Waals surface area contributed by atoms with E-state index in [1.165, 1.54) is 6.42 Å². The van der Waals surface area contributed by atoms with Crippen LogP contribution in [0.2, 0.25) is 0 Å². The Kier molecular flexibility index (Phi) is 5.24. The second-order valence-electron chi connectivity index (χ2n) is 5.62. The number of carbonyl (C=O) groups is 1. The molecule has 1 aliphatic rings. The molecule has 4 heteroatoms. The van der Waals surface area contributed by atoms with Gasteiger partial charge in [-0.05, 0) is 38.3 Å². The Balaban J connectivity index is 1.66. The Morgan fingerprint density at radius 2 is 2.10 bits per heavy atom. The summed E-state index contributed by atoms with van der Waals surface area (Å²) in [7, 11) is 0. The van der Waals surface area contributed by atoms with Crippen LogP contribution in [0.4, 0.5) is 0 Å². The van der Waals surface area contributed by atoms with E-state index >= 15 is 0 Å². The van der Waals surface area contributed by atoms with Crippen molar-refractivity contribution in [1.29, 1.82) is 0 Å². The highest BCUT2D eigenvalue weighted by molar-refractivity contribution is 5.76. The van der Waals surface area contributed by atoms with Crippen LogP contribution in [0.15, 0.2) is 16.5 Å². The van der Waals surface area contributed by atoms with E-state index in [9.17, 15) is 4.79 Å². The number of furan rings is 1. The number of hydrogen-bond donors (Lipinski definition) is 1. The first-order valence-electron chi connectivity index (χ1n) is 7.72. The first-order chi connectivity index (χ1) is 9.65. The molecule has 1 aromatic heterocycles. The van der Waals surface area contributed by atoms with Crippen LogP contribution in [-0.4, -0.2) is 30.4 Å². The second kappa shape index (κ2) is 6.93. The lowest BCUT2D eigenvalue weighted by Crippen LogP contribution is -2.32. The van der Waals surface area contributed by atoms with Crippen molar-refractivity contribution in [2.75, 3.05) is 19.6 Å². The molecule has 1 heterocycles. The molecular weight excluding hydrogens is 252 g/mol. The SMILES string of the molecule is CCN(CC)C(=O)CCNCc1ccc(C2CC2C)o1. The van der Waals surface area contributed by atoms with Crippen molar-refractivity contribution >= 4 is 5.91 Å². The van der Waals surface area contributed by atoms with E-state index in [2.05, 4.69) is 18.3 Å². The molecule has 112 valence electrons. The second-order valence-corrected chi connectivity index (χ2v) is 5.62. The maximum Gasteiger partial charge on any atom is 0.223 e. The zero-order chi connectivity index (χ0) is 14.5. The van der Waals surface area contributed by atoms with E-state index in [0.29, 0.717) is 25.4 Å². The fourth-order valence-corrected chi connectivity index (χ4v) is 2.55. The Morgan fingerprint density at radius 3 is 2.70 bits per heavy atom. The minimum Gasteiger partial charge on any atom is -0.464 e. The van der Waals surface area contributed by atoms with Crippen molar-refractivity contribution in [3.8, 4) is 0 Å². The summed E-state index contributed by atoms with van der Waals surface area (Å²) in [5, 5.41) is 3.28. The lowest BCUT2D eigenvalue weighted by molar-refractivity contribution is -0.130. The molecule has 1 fully saturated rings. The van der Waals surface area contributed by atoms with E-state index in [0.717, 1.165) is 30.5 Å². The van der Waals surface area contributed by atoms with Crippen molar-refractivity contribution in [3.05, 3.63) is 23.7 Å². The molecule has 1 N–H and O–H groups in total. The zero-order valence-electron chi connectivity index (χ0n) is 12.8. The third-order valence-corrected chi connectivity index (χ3v) is 4.09. The third kappa shape index (κ3) is 3.85. The van der Waals surface area contributed by atoms with Crippen LogP contribution in [0.3, 0.4) is 0 Å². The fourth-order valence-electron chi connectivity index (χ4n) is 2.55. The lowest BCUT2D eigenvalue weighted by atomic mass is 10.3. The van der Waals surface area contributed by atoms with Gasteiger partial charge in [0.1, 0.15) is 11.5 Å². The predicted octanol–water partition coefficient (Wildman–Crippen LogP) is 2.75. The topological polar surface area (TPSA) is 45.5 Å². The van der Waals surface area contributed by atoms with Crippen molar-refractivity contribution in [1.82, 2.24) is 10.2 Å². The van der Waals surface area contributed by atoms with Gasteiger partial charge in [0.05, 0.1) is 6.54 Å². The summed E-state index contributed by atoms with van der Waals surface area (Å²) in [5.41, 5.74) is 0. The smallest absolute Gasteiger partial charge is 0.223 e. The molecule has 1 aliphatic carbocycles. The summed E-state index contributed by atoms with van der Waals surface area (Å²) < 4.78 is 5.82. The van der Waals surface area contributed by atoms with Crippen molar-refractivity contribution < 1.29 is 9.21 Å². The Morgan fingerprint density at radius 1 is 1.40 bits per heavy atom. The number of rotatable bonds is 8. The van der Waals surface area contributed by atoms with Crippen LogP contribution in [0, 0.1) is 5.92 Å². The monoisotopic (exact) mass is 278 g/mol. The number of carbonyl (C=O) groups excluding carboxylic acids is 1. The van der Waals surface area contributed by atoms with Crippen LogP contribution in [-0.2, 0) is 11.3 Å². The maximum atomic E-state index is 11.8. The summed E-state index contributed by atoms with van der Waals surface area (Å²) in [5.74, 6) is 3.71. The molecular formula is C16H26N2O2. The molecule has 1 aromatic rings. The van der Waals surface area contributed by atoms with Crippen molar-refractivity contribution in [3.63, 3.8) is 0 Å². The molecule has 0 aromatic carbocycles. The molecule has 2 atom stereocenters. The molecule has 1 amide bonds. The molecule has 0 saturated heterocycles. The minimum atomic E-state index is 0.217. The Hall–Kier alpha value is -1.29. The quantitative estimate of drug-likeness (QED) is 0.744. The number of hydrogen-bond acceptors (Lipinski definition) is 3. The number of amides is 1. The average molecular weight is 278 g/mol. The van der Waals surface area contributed by atoms with Crippen LogP contribution in [0.1, 0.15) is 51.1 Å². The highest BCUT2D eigenvalue weighted by Crippen LogP contribution is 2.47. The molecule has 1 saturated carbocycles. The van der Waals surface area contributed by atoms with Crippen LogP contribution in [0.25, 0.3) is 0 Å². The van der Waals surface area contributed by atoms with Crippen LogP contribution in [0.5, 0.6) is 0 Å². The zero-order valence-corrected chi connectivity index (χ0v) is 12.8. The van der Waals surface area contributed by atoms with E-state index in [4.69, 9.17) is 4.42 Å². The normalized spacial score (nSPS) is 20.9. The molecule has 20 heavy (non-hydrogen) atoms. The average Bonchev–Trinajstić information content (AvgIpc) is 2.99. The minimum absolute atomic E-state index is 0.217. The van der Waals surface area contributed by atoms with Crippen LogP contribution >= 0.6 is 0 Å². The van der Waals surface area contributed by atoms with Gasteiger partial charge in [0.15, 0.2) is 0 Å². The van der Waals surface area contributed by atoms with Gasteiger partial charge in [0.25, 0.3) is 0 Å². The lowest BCUT2D eigenvalue weighted by Gasteiger charge is -2.18. The predicted molar refractivity (Wildman–Crippen MR) is 79.5 cm³/mol. The van der Waals surface area contributed by atoms with Crippen molar-refractivity contribution in [2.45, 2.75) is 46.1 Å². The van der Waals surface area contributed by atoms with E-state index in [-0.39, 0.29) is 5.91 Å². The molecule has 2 unspecified atom stereocenters. The van der Waals surface area contributed by atoms with Crippen LogP contribution < -0.4 is 5.32 Å². The number of nitrogens with zero attached hydrogens (tertiary/aromatic N) is 1. The summed E-state index contributed by atoms with van der Waals surface area (Å²) >= 11 is 0. The Bertz CT molecular complexity index is 437. The maximum absolute atomic E-state index is 11.8. The molecule has 4 nitrogen and oxygen atoms in total. The highest BCUT2D eigenvalue weighted by atomic mass is 16.3. The van der Waals surface area contributed by atoms with Gasteiger partial charge in [0.2, 0.25) is 5.91 Å². The first-order valence-corrected chi connectivity index (χ1v) is 7.72. The van der Waals surface area contributed by atoms with E-state index in [1.807, 2.05) is 24.8 Å². The van der Waals surface area contributed by atoms with Crippen molar-refractivity contribution in [2.24, 2.45) is 5.92 Å². The van der Waals surface area contributed by atoms with Gasteiger partial charge < -0.3 is 14.6 Å². The highest BCUT2D eigenvalue weighted by Gasteiger charge is 2.36. The fraction of sp³-hybridized carbons (Fsp3) is 0.688. The van der Waals surface area contributed by atoms with Gasteiger partial charge in [-0.1, -0.05) is 6.92 Å². The van der Waals surface area contributed by atoms with Gasteiger partial charge >= 0.3 is 0 Å².